The molecule has 0 unspecified atom stereocenters. The molecule has 4 rings (SSSR count). The molecule has 45 heavy (non-hydrogen) atoms. The van der Waals surface area contributed by atoms with E-state index in [-0.39, 0.29) is 0 Å². The Morgan fingerprint density at radius 1 is 0.378 bits per heavy atom. The lowest BCUT2D eigenvalue weighted by atomic mass is 9.40. The number of aliphatic hydroxyl groups is 6. The number of benzene rings is 3. The van der Waals surface area contributed by atoms with Gasteiger partial charge in [-0.15, -0.1) is 0 Å². The van der Waals surface area contributed by atoms with Gasteiger partial charge in [0.15, 0.2) is 0 Å². The Bertz CT molecular complexity index is 1360. The molecule has 6 N–H and O–H groups in total. The Hall–Kier alpha value is -4.11. The molecule has 0 saturated heterocycles. The summed E-state index contributed by atoms with van der Waals surface area (Å²) in [6, 6.07) is 30.9. The van der Waals surface area contributed by atoms with E-state index in [0.29, 0.717) is 16.7 Å². The summed E-state index contributed by atoms with van der Waals surface area (Å²) in [4.78, 5) is 0. The number of nitrogens with zero attached hydrogens (tertiary/aromatic N) is 3. The Morgan fingerprint density at radius 2 is 0.600 bits per heavy atom. The van der Waals surface area contributed by atoms with E-state index in [1.165, 1.54) is 0 Å². The molecule has 9 nitrogen and oxygen atoms in total. The van der Waals surface area contributed by atoms with Crippen LogP contribution in [-0.2, 0) is 19.3 Å². The van der Waals surface area contributed by atoms with Gasteiger partial charge in [-0.3, -0.25) is 0 Å². The molecule has 0 atom stereocenters. The van der Waals surface area contributed by atoms with Gasteiger partial charge in [0.1, 0.15) is 33.6 Å². The molecule has 234 valence electrons. The van der Waals surface area contributed by atoms with Crippen molar-refractivity contribution in [3.8, 4) is 18.2 Å². The fourth-order valence-electron chi connectivity index (χ4n) is 7.55. The van der Waals surface area contributed by atoms with Crippen molar-refractivity contribution in [2.75, 3.05) is 0 Å². The Morgan fingerprint density at radius 3 is 0.800 bits per heavy atom. The minimum atomic E-state index is -2.88. The Balaban J connectivity index is 2.17. The number of hydrogen-bond acceptors (Lipinski definition) is 9. The van der Waals surface area contributed by atoms with E-state index in [4.69, 9.17) is 0 Å². The van der Waals surface area contributed by atoms with E-state index < -0.39 is 91.4 Å². The number of rotatable bonds is 12. The standard InChI is InChI=1S/C36H39N3O6/c37-22-10-19-31(40)34(43,25-28-13-4-1-5-14-28)32(41,20-11-23-38)36(45,27-30-17-8-3-9-18-30)33(42,21-12-24-39)35(31,44)26-29-15-6-2-7-16-29/h1-9,13-18,40-45H,10-12,19-21,25-27H2. The van der Waals surface area contributed by atoms with Crippen LogP contribution in [-0.4, -0.2) is 64.2 Å². The zero-order valence-corrected chi connectivity index (χ0v) is 25.0. The van der Waals surface area contributed by atoms with Crippen molar-refractivity contribution in [1.29, 1.82) is 15.8 Å². The third kappa shape index (κ3) is 5.31. The third-order valence-electron chi connectivity index (χ3n) is 9.81. The van der Waals surface area contributed by atoms with Crippen molar-refractivity contribution in [2.45, 2.75) is 91.4 Å². The van der Waals surface area contributed by atoms with Gasteiger partial charge in [0, 0.05) is 38.5 Å². The lowest BCUT2D eigenvalue weighted by Gasteiger charge is -2.73. The maximum atomic E-state index is 13.1. The molecule has 0 radical (unpaired) electrons. The molecule has 0 aliphatic heterocycles. The highest BCUT2D eigenvalue weighted by molar-refractivity contribution is 5.43. The summed E-state index contributed by atoms with van der Waals surface area (Å²) in [5.41, 5.74) is -16.0. The second kappa shape index (κ2) is 13.1. The van der Waals surface area contributed by atoms with E-state index in [0.717, 1.165) is 0 Å². The maximum absolute atomic E-state index is 13.1. The monoisotopic (exact) mass is 609 g/mol. The Labute approximate surface area is 263 Å². The van der Waals surface area contributed by atoms with Gasteiger partial charge in [-0.1, -0.05) is 91.0 Å². The number of nitriles is 3. The first-order valence-electron chi connectivity index (χ1n) is 15.0. The van der Waals surface area contributed by atoms with Crippen LogP contribution in [0.25, 0.3) is 0 Å². The first-order valence-corrected chi connectivity index (χ1v) is 15.0. The van der Waals surface area contributed by atoms with E-state index in [1.54, 1.807) is 91.0 Å². The molecule has 9 heteroatoms. The van der Waals surface area contributed by atoms with Gasteiger partial charge in [0.25, 0.3) is 0 Å². The molecule has 3 aromatic rings. The van der Waals surface area contributed by atoms with Crippen LogP contribution < -0.4 is 0 Å². The Kier molecular flexibility index (Phi) is 9.82. The van der Waals surface area contributed by atoms with Gasteiger partial charge in [0.2, 0.25) is 0 Å². The molecule has 1 aliphatic rings. The normalized spacial score (nSPS) is 32.6. The molecule has 3 aromatic carbocycles. The van der Waals surface area contributed by atoms with Gasteiger partial charge in [0.05, 0.1) is 18.2 Å². The highest BCUT2D eigenvalue weighted by Crippen LogP contribution is 2.64. The molecule has 0 bridgehead atoms. The zero-order chi connectivity index (χ0) is 32.8. The van der Waals surface area contributed by atoms with E-state index in [2.05, 4.69) is 0 Å². The van der Waals surface area contributed by atoms with E-state index in [9.17, 15) is 46.4 Å². The fourth-order valence-corrected chi connectivity index (χ4v) is 7.55. The first kappa shape index (κ1) is 33.8. The van der Waals surface area contributed by atoms with E-state index in [1.807, 2.05) is 18.2 Å². The van der Waals surface area contributed by atoms with Crippen LogP contribution in [0, 0.1) is 34.0 Å². The minimum Gasteiger partial charge on any atom is -0.384 e. The van der Waals surface area contributed by atoms with Crippen molar-refractivity contribution in [1.82, 2.24) is 0 Å². The highest BCUT2D eigenvalue weighted by atomic mass is 16.5. The average molecular weight is 610 g/mol. The van der Waals surface area contributed by atoms with Gasteiger partial charge in [-0.2, -0.15) is 15.8 Å². The molecule has 1 aliphatic carbocycles. The van der Waals surface area contributed by atoms with Crippen molar-refractivity contribution < 1.29 is 30.6 Å². The summed E-state index contributed by atoms with van der Waals surface area (Å²) in [6.07, 6.45) is -4.69. The van der Waals surface area contributed by atoms with Crippen LogP contribution in [0.2, 0.25) is 0 Å². The topological polar surface area (TPSA) is 193 Å². The predicted octanol–water partition coefficient (Wildman–Crippen LogP) is 3.03. The lowest BCUT2D eigenvalue weighted by molar-refractivity contribution is -0.440. The summed E-state index contributed by atoms with van der Waals surface area (Å²) in [6.45, 7) is 0. The minimum absolute atomic E-state index is 0.412. The van der Waals surface area contributed by atoms with Crippen LogP contribution in [0.4, 0.5) is 0 Å². The molecule has 1 fully saturated rings. The highest BCUT2D eigenvalue weighted by Gasteiger charge is 2.87. The van der Waals surface area contributed by atoms with Gasteiger partial charge < -0.3 is 30.6 Å². The first-order chi connectivity index (χ1) is 21.4. The average Bonchev–Trinajstić information content (AvgIpc) is 3.05. The van der Waals surface area contributed by atoms with Crippen molar-refractivity contribution in [3.63, 3.8) is 0 Å². The second-order valence-electron chi connectivity index (χ2n) is 12.1. The third-order valence-corrected chi connectivity index (χ3v) is 9.81. The molecule has 0 spiro atoms. The summed E-state index contributed by atoms with van der Waals surface area (Å²) in [7, 11) is 0. The summed E-state index contributed by atoms with van der Waals surface area (Å²) in [5.74, 6) is 0. The van der Waals surface area contributed by atoms with Crippen LogP contribution >= 0.6 is 0 Å². The molecule has 0 amide bonds. The van der Waals surface area contributed by atoms with Crippen LogP contribution in [0.15, 0.2) is 91.0 Å². The molecule has 0 heterocycles. The fraction of sp³-hybridized carbons (Fsp3) is 0.417. The molecule has 0 aromatic heterocycles. The summed E-state index contributed by atoms with van der Waals surface area (Å²) >= 11 is 0. The molecule has 1 saturated carbocycles. The zero-order valence-electron chi connectivity index (χ0n) is 25.0. The maximum Gasteiger partial charge on any atom is 0.132 e. The van der Waals surface area contributed by atoms with Crippen molar-refractivity contribution >= 4 is 0 Å². The van der Waals surface area contributed by atoms with Gasteiger partial charge in [-0.05, 0) is 36.0 Å². The molecular weight excluding hydrogens is 570 g/mol. The van der Waals surface area contributed by atoms with E-state index >= 15 is 0 Å². The lowest BCUT2D eigenvalue weighted by Crippen LogP contribution is -2.96. The van der Waals surface area contributed by atoms with Crippen molar-refractivity contribution in [2.24, 2.45) is 0 Å². The summed E-state index contributed by atoms with van der Waals surface area (Å²) in [5, 5.41) is 107. The van der Waals surface area contributed by atoms with Crippen LogP contribution in [0.1, 0.15) is 55.2 Å². The van der Waals surface area contributed by atoms with Gasteiger partial charge in [-0.25, -0.2) is 0 Å². The second-order valence-corrected chi connectivity index (χ2v) is 12.1. The predicted molar refractivity (Wildman–Crippen MR) is 165 cm³/mol. The van der Waals surface area contributed by atoms with Crippen LogP contribution in [0.3, 0.4) is 0 Å². The summed E-state index contributed by atoms with van der Waals surface area (Å²) < 4.78 is 0. The number of hydrogen-bond donors (Lipinski definition) is 6. The van der Waals surface area contributed by atoms with Gasteiger partial charge >= 0.3 is 0 Å². The van der Waals surface area contributed by atoms with Crippen LogP contribution in [0.5, 0.6) is 0 Å². The smallest absolute Gasteiger partial charge is 0.132 e. The quantitative estimate of drug-likeness (QED) is 0.179. The van der Waals surface area contributed by atoms with Crippen molar-refractivity contribution in [3.05, 3.63) is 108 Å². The largest absolute Gasteiger partial charge is 0.384 e. The SMILES string of the molecule is N#CCCC1(O)C(O)(Cc2ccccc2)C(O)(CCC#N)C(O)(Cc2ccccc2)C(O)(CCC#N)C1(O)Cc1ccccc1. The molecular formula is C36H39N3O6.